The van der Waals surface area contributed by atoms with Crippen molar-refractivity contribution in [2.24, 2.45) is 0 Å². The van der Waals surface area contributed by atoms with Crippen molar-refractivity contribution < 1.29 is 13.6 Å². The molecule has 0 radical (unpaired) electrons. The second-order valence-corrected chi connectivity index (χ2v) is 4.72. The smallest absolute Gasteiger partial charge is 0.258 e. The van der Waals surface area contributed by atoms with Gasteiger partial charge >= 0.3 is 0 Å². The van der Waals surface area contributed by atoms with E-state index < -0.39 is 17.5 Å². The monoisotopic (exact) mass is 336 g/mol. The molecule has 0 aliphatic rings. The third-order valence-electron chi connectivity index (χ3n) is 2.54. The van der Waals surface area contributed by atoms with Crippen molar-refractivity contribution in [2.45, 2.75) is 0 Å². The summed E-state index contributed by atoms with van der Waals surface area (Å²) < 4.78 is 27.0. The number of nitrogens with one attached hydrogen (secondary N) is 1. The third kappa shape index (κ3) is 2.83. The predicted octanol–water partition coefficient (Wildman–Crippen LogP) is 3.85. The van der Waals surface area contributed by atoms with Crippen LogP contribution in [0.25, 0.3) is 0 Å². The summed E-state index contributed by atoms with van der Waals surface area (Å²) in [6.45, 7) is 0. The van der Waals surface area contributed by atoms with Gasteiger partial charge in [-0.25, -0.2) is 8.78 Å². The topological polar surface area (TPSA) is 52.9 Å². The van der Waals surface area contributed by atoms with Gasteiger partial charge in [0.2, 0.25) is 0 Å². The van der Waals surface area contributed by atoms with Crippen molar-refractivity contribution in [3.05, 3.63) is 63.6 Å². The first-order valence-corrected chi connectivity index (χ1v) is 6.27. The predicted molar refractivity (Wildman–Crippen MR) is 73.2 cm³/mol. The molecule has 0 heterocycles. The Kier molecular flexibility index (Phi) is 4.11. The SMILES string of the molecule is N#Cc1ccc(NC(=O)c2cccc(F)c2F)c(Br)c1. The number of hydrogen-bond acceptors (Lipinski definition) is 2. The van der Waals surface area contributed by atoms with E-state index in [0.717, 1.165) is 6.07 Å². The maximum absolute atomic E-state index is 13.5. The first-order valence-electron chi connectivity index (χ1n) is 5.48. The van der Waals surface area contributed by atoms with Crippen molar-refractivity contribution in [2.75, 3.05) is 5.32 Å². The molecule has 0 fully saturated rings. The molecule has 20 heavy (non-hydrogen) atoms. The molecule has 0 saturated heterocycles. The molecule has 2 rings (SSSR count). The molecule has 0 bridgehead atoms. The summed E-state index contributed by atoms with van der Waals surface area (Å²) in [4.78, 5) is 11.9. The number of rotatable bonds is 2. The highest BCUT2D eigenvalue weighted by atomic mass is 79.9. The Morgan fingerprint density at radius 3 is 2.65 bits per heavy atom. The Morgan fingerprint density at radius 2 is 2.00 bits per heavy atom. The van der Waals surface area contributed by atoms with Crippen LogP contribution in [0.2, 0.25) is 0 Å². The Hall–Kier alpha value is -2.26. The number of nitrogens with zero attached hydrogens (tertiary/aromatic N) is 1. The van der Waals surface area contributed by atoms with Crippen LogP contribution in [0.3, 0.4) is 0 Å². The summed E-state index contributed by atoms with van der Waals surface area (Å²) in [7, 11) is 0. The van der Waals surface area contributed by atoms with E-state index in [9.17, 15) is 13.6 Å². The van der Waals surface area contributed by atoms with E-state index in [-0.39, 0.29) is 5.56 Å². The van der Waals surface area contributed by atoms with Crippen molar-refractivity contribution in [1.29, 1.82) is 5.26 Å². The molecule has 3 nitrogen and oxygen atoms in total. The minimum Gasteiger partial charge on any atom is -0.321 e. The van der Waals surface area contributed by atoms with Gasteiger partial charge in [0.1, 0.15) is 0 Å². The van der Waals surface area contributed by atoms with Crippen LogP contribution in [-0.2, 0) is 0 Å². The standard InChI is InChI=1S/C14H7BrF2N2O/c15-10-6-8(7-18)4-5-12(10)19-14(20)9-2-1-3-11(16)13(9)17/h1-6H,(H,19,20). The van der Waals surface area contributed by atoms with Crippen LogP contribution < -0.4 is 5.32 Å². The lowest BCUT2D eigenvalue weighted by atomic mass is 10.1. The maximum atomic E-state index is 13.5. The molecule has 0 spiro atoms. The number of hydrogen-bond donors (Lipinski definition) is 1. The molecule has 2 aromatic carbocycles. The van der Waals surface area contributed by atoms with Gasteiger partial charge in [-0.3, -0.25) is 4.79 Å². The molecule has 0 saturated carbocycles. The number of carbonyl (C=O) groups is 1. The van der Waals surface area contributed by atoms with Gasteiger partial charge < -0.3 is 5.32 Å². The number of amides is 1. The Labute approximate surface area is 122 Å². The first kappa shape index (κ1) is 14.2. The first-order chi connectivity index (χ1) is 9.52. The number of carbonyl (C=O) groups excluding carboxylic acids is 1. The van der Waals surface area contributed by atoms with Crippen LogP contribution in [0.1, 0.15) is 15.9 Å². The highest BCUT2D eigenvalue weighted by molar-refractivity contribution is 9.10. The van der Waals surface area contributed by atoms with E-state index in [0.29, 0.717) is 15.7 Å². The van der Waals surface area contributed by atoms with E-state index in [1.54, 1.807) is 0 Å². The summed E-state index contributed by atoms with van der Waals surface area (Å²) in [5.74, 6) is -3.06. The second kappa shape index (κ2) is 5.80. The van der Waals surface area contributed by atoms with Crippen molar-refractivity contribution in [3.63, 3.8) is 0 Å². The zero-order chi connectivity index (χ0) is 14.7. The van der Waals surface area contributed by atoms with E-state index >= 15 is 0 Å². The lowest BCUT2D eigenvalue weighted by Crippen LogP contribution is -2.14. The van der Waals surface area contributed by atoms with Gasteiger partial charge in [-0.1, -0.05) is 6.07 Å². The Bertz CT molecular complexity index is 726. The summed E-state index contributed by atoms with van der Waals surface area (Å²) >= 11 is 3.19. The van der Waals surface area contributed by atoms with Gasteiger partial charge in [-0.05, 0) is 46.3 Å². The summed E-state index contributed by atoms with van der Waals surface area (Å²) in [6.07, 6.45) is 0. The van der Waals surface area contributed by atoms with E-state index in [1.807, 2.05) is 6.07 Å². The fourth-order valence-corrected chi connectivity index (χ4v) is 2.03. The molecule has 6 heteroatoms. The minimum atomic E-state index is -1.20. The largest absolute Gasteiger partial charge is 0.321 e. The van der Waals surface area contributed by atoms with Gasteiger partial charge in [0, 0.05) is 4.47 Å². The quantitative estimate of drug-likeness (QED) is 0.905. The van der Waals surface area contributed by atoms with E-state index in [4.69, 9.17) is 5.26 Å². The molecule has 0 atom stereocenters. The van der Waals surface area contributed by atoms with Gasteiger partial charge in [-0.2, -0.15) is 5.26 Å². The molecule has 0 aliphatic heterocycles. The molecule has 1 N–H and O–H groups in total. The van der Waals surface area contributed by atoms with Crippen LogP contribution in [0, 0.1) is 23.0 Å². The van der Waals surface area contributed by atoms with Crippen LogP contribution >= 0.6 is 15.9 Å². The number of nitriles is 1. The average molecular weight is 337 g/mol. The molecule has 1 amide bonds. The highest BCUT2D eigenvalue weighted by Gasteiger charge is 2.16. The average Bonchev–Trinajstić information content (AvgIpc) is 2.44. The van der Waals surface area contributed by atoms with Gasteiger partial charge in [0.25, 0.3) is 5.91 Å². The number of benzene rings is 2. The summed E-state index contributed by atoms with van der Waals surface area (Å²) in [6, 6.07) is 9.83. The van der Waals surface area contributed by atoms with Crippen molar-refractivity contribution >= 4 is 27.5 Å². The molecule has 100 valence electrons. The zero-order valence-corrected chi connectivity index (χ0v) is 11.5. The number of anilines is 1. The summed E-state index contributed by atoms with van der Waals surface area (Å²) in [5, 5.41) is 11.2. The van der Waals surface area contributed by atoms with Crippen LogP contribution in [0.4, 0.5) is 14.5 Å². The van der Waals surface area contributed by atoms with Crippen molar-refractivity contribution in [1.82, 2.24) is 0 Å². The highest BCUT2D eigenvalue weighted by Crippen LogP contribution is 2.24. The van der Waals surface area contributed by atoms with E-state index in [1.165, 1.54) is 30.3 Å². The number of halogens is 3. The molecular weight excluding hydrogens is 330 g/mol. The van der Waals surface area contributed by atoms with Crippen molar-refractivity contribution in [3.8, 4) is 6.07 Å². The second-order valence-electron chi connectivity index (χ2n) is 3.86. The van der Waals surface area contributed by atoms with Crippen LogP contribution in [-0.4, -0.2) is 5.91 Å². The zero-order valence-electron chi connectivity index (χ0n) is 9.95. The minimum absolute atomic E-state index is 0.359. The van der Waals surface area contributed by atoms with E-state index in [2.05, 4.69) is 21.2 Å². The third-order valence-corrected chi connectivity index (χ3v) is 3.20. The lowest BCUT2D eigenvalue weighted by Gasteiger charge is -2.08. The normalized spacial score (nSPS) is 9.90. The van der Waals surface area contributed by atoms with Crippen LogP contribution in [0.5, 0.6) is 0 Å². The maximum Gasteiger partial charge on any atom is 0.258 e. The fraction of sp³-hybridized carbons (Fsp3) is 0. The lowest BCUT2D eigenvalue weighted by molar-refractivity contribution is 0.102. The molecule has 0 aromatic heterocycles. The molecule has 2 aromatic rings. The Morgan fingerprint density at radius 1 is 1.25 bits per heavy atom. The fourth-order valence-electron chi connectivity index (χ4n) is 1.55. The van der Waals surface area contributed by atoms with Crippen LogP contribution in [0.15, 0.2) is 40.9 Å². The van der Waals surface area contributed by atoms with Gasteiger partial charge in [0.15, 0.2) is 11.6 Å². The van der Waals surface area contributed by atoms with Gasteiger partial charge in [-0.15, -0.1) is 0 Å². The molecule has 0 unspecified atom stereocenters. The summed E-state index contributed by atoms with van der Waals surface area (Å²) in [5.41, 5.74) is 0.380. The Balaban J connectivity index is 2.29. The van der Waals surface area contributed by atoms with Gasteiger partial charge in [0.05, 0.1) is 22.9 Å². The molecule has 0 aliphatic carbocycles. The molecular formula is C14H7BrF2N2O.